The molecule has 0 aliphatic heterocycles. The van der Waals surface area contributed by atoms with Crippen molar-refractivity contribution in [2.45, 2.75) is 64.2 Å². The lowest BCUT2D eigenvalue weighted by Crippen LogP contribution is -2.04. The molecule has 90 valence electrons. The van der Waals surface area contributed by atoms with Gasteiger partial charge in [0.15, 0.2) is 0 Å². The second kappa shape index (κ2) is 4.89. The van der Waals surface area contributed by atoms with Crippen LogP contribution >= 0.6 is 0 Å². The highest BCUT2D eigenvalue weighted by atomic mass is 16.4. The van der Waals surface area contributed by atoms with E-state index in [4.69, 9.17) is 4.42 Å². The Hall–Kier alpha value is -0.990. The van der Waals surface area contributed by atoms with E-state index in [1.165, 1.54) is 38.5 Å². The van der Waals surface area contributed by atoms with Crippen molar-refractivity contribution in [3.8, 4) is 0 Å². The highest BCUT2D eigenvalue weighted by molar-refractivity contribution is 5.16. The molecule has 1 aliphatic rings. The van der Waals surface area contributed by atoms with E-state index in [1.807, 2.05) is 0 Å². The molecule has 0 atom stereocenters. The molecule has 0 spiro atoms. The van der Waals surface area contributed by atoms with Crippen LogP contribution in [-0.2, 0) is 0 Å². The molecule has 1 aromatic heterocycles. The van der Waals surface area contributed by atoms with Gasteiger partial charge in [-0.15, -0.1) is 0 Å². The van der Waals surface area contributed by atoms with Crippen LogP contribution < -0.4 is 5.76 Å². The molecule has 3 heteroatoms. The standard InChI is InChI=1S/C13H21NO2/c1-9(2)12-11(14-13(15)16-12)10-7-5-3-4-6-8-10/h9-10H,3-8H2,1-2H3,(H,14,15). The van der Waals surface area contributed by atoms with Crippen LogP contribution in [0.1, 0.15) is 75.7 Å². The van der Waals surface area contributed by atoms with E-state index in [0.717, 1.165) is 11.5 Å². The highest BCUT2D eigenvalue weighted by Gasteiger charge is 2.22. The van der Waals surface area contributed by atoms with E-state index in [-0.39, 0.29) is 11.7 Å². The summed E-state index contributed by atoms with van der Waals surface area (Å²) in [5.74, 6) is 1.38. The Morgan fingerprint density at radius 2 is 1.81 bits per heavy atom. The van der Waals surface area contributed by atoms with Gasteiger partial charge >= 0.3 is 5.76 Å². The monoisotopic (exact) mass is 223 g/mol. The smallest absolute Gasteiger partial charge is 0.412 e. The van der Waals surface area contributed by atoms with Crippen LogP contribution in [-0.4, -0.2) is 4.98 Å². The predicted molar refractivity (Wildman–Crippen MR) is 63.9 cm³/mol. The molecule has 1 fully saturated rings. The van der Waals surface area contributed by atoms with Crippen molar-refractivity contribution >= 4 is 0 Å². The quantitative estimate of drug-likeness (QED) is 0.779. The number of aromatic nitrogens is 1. The number of H-pyrrole nitrogens is 1. The summed E-state index contributed by atoms with van der Waals surface area (Å²) in [6.07, 6.45) is 7.58. The van der Waals surface area contributed by atoms with Crippen molar-refractivity contribution in [2.24, 2.45) is 0 Å². The summed E-state index contributed by atoms with van der Waals surface area (Å²) in [6.45, 7) is 4.15. The molecule has 1 aliphatic carbocycles. The SMILES string of the molecule is CC(C)c1oc(=O)[nH]c1C1CCCCCC1. The molecule has 16 heavy (non-hydrogen) atoms. The largest absolute Gasteiger partial charge is 0.416 e. The maximum atomic E-state index is 11.3. The van der Waals surface area contributed by atoms with Gasteiger partial charge in [0, 0.05) is 11.8 Å². The number of hydrogen-bond acceptors (Lipinski definition) is 2. The molecule has 0 radical (unpaired) electrons. The fraction of sp³-hybridized carbons (Fsp3) is 0.769. The Morgan fingerprint density at radius 3 is 2.38 bits per heavy atom. The van der Waals surface area contributed by atoms with Crippen molar-refractivity contribution in [3.05, 3.63) is 22.0 Å². The van der Waals surface area contributed by atoms with Crippen LogP contribution in [0.4, 0.5) is 0 Å². The minimum atomic E-state index is -0.289. The second-order valence-electron chi connectivity index (χ2n) is 5.14. The molecule has 0 saturated heterocycles. The lowest BCUT2D eigenvalue weighted by molar-refractivity contribution is 0.443. The molecule has 0 amide bonds. The zero-order chi connectivity index (χ0) is 11.5. The Kier molecular flexibility index (Phi) is 3.52. The number of aromatic amines is 1. The molecule has 1 aromatic rings. The van der Waals surface area contributed by atoms with Crippen LogP contribution in [0, 0.1) is 0 Å². The molecule has 0 bridgehead atoms. The summed E-state index contributed by atoms with van der Waals surface area (Å²) in [4.78, 5) is 14.2. The van der Waals surface area contributed by atoms with Gasteiger partial charge in [-0.1, -0.05) is 39.5 Å². The molecule has 3 nitrogen and oxygen atoms in total. The summed E-state index contributed by atoms with van der Waals surface area (Å²) < 4.78 is 5.26. The van der Waals surface area contributed by atoms with E-state index in [9.17, 15) is 4.79 Å². The van der Waals surface area contributed by atoms with E-state index in [2.05, 4.69) is 18.8 Å². The fourth-order valence-electron chi connectivity index (χ4n) is 2.65. The number of hydrogen-bond donors (Lipinski definition) is 1. The Balaban J connectivity index is 2.26. The first-order valence-corrected chi connectivity index (χ1v) is 6.41. The maximum Gasteiger partial charge on any atom is 0.416 e. The van der Waals surface area contributed by atoms with E-state index in [1.54, 1.807) is 0 Å². The molecular formula is C13H21NO2. The Bertz CT molecular complexity index is 381. The van der Waals surface area contributed by atoms with Gasteiger partial charge in [0.2, 0.25) is 0 Å². The van der Waals surface area contributed by atoms with Gasteiger partial charge in [-0.2, -0.15) is 0 Å². The first kappa shape index (κ1) is 11.5. The highest BCUT2D eigenvalue weighted by Crippen LogP contribution is 2.33. The van der Waals surface area contributed by atoms with E-state index >= 15 is 0 Å². The Labute approximate surface area is 96.3 Å². The molecule has 2 rings (SSSR count). The van der Waals surface area contributed by atoms with Crippen molar-refractivity contribution in [3.63, 3.8) is 0 Å². The third kappa shape index (κ3) is 2.39. The lowest BCUT2D eigenvalue weighted by Gasteiger charge is -2.14. The minimum Gasteiger partial charge on any atom is -0.412 e. The predicted octanol–water partition coefficient (Wildman–Crippen LogP) is 3.53. The summed E-state index contributed by atoms with van der Waals surface area (Å²) in [5, 5.41) is 0. The van der Waals surface area contributed by atoms with Gasteiger partial charge in [0.1, 0.15) is 5.76 Å². The number of rotatable bonds is 2. The van der Waals surface area contributed by atoms with Gasteiger partial charge in [-0.25, -0.2) is 4.79 Å². The zero-order valence-corrected chi connectivity index (χ0v) is 10.2. The first-order chi connectivity index (χ1) is 7.68. The van der Waals surface area contributed by atoms with Crippen molar-refractivity contribution in [1.82, 2.24) is 4.98 Å². The first-order valence-electron chi connectivity index (χ1n) is 6.41. The van der Waals surface area contributed by atoms with Crippen molar-refractivity contribution in [2.75, 3.05) is 0 Å². The van der Waals surface area contributed by atoms with Gasteiger partial charge in [0.05, 0.1) is 5.69 Å². The van der Waals surface area contributed by atoms with Gasteiger partial charge in [0.25, 0.3) is 0 Å². The van der Waals surface area contributed by atoms with Crippen LogP contribution in [0.25, 0.3) is 0 Å². The van der Waals surface area contributed by atoms with Gasteiger partial charge in [-0.05, 0) is 12.8 Å². The van der Waals surface area contributed by atoms with Crippen LogP contribution in [0.3, 0.4) is 0 Å². The maximum absolute atomic E-state index is 11.3. The van der Waals surface area contributed by atoms with Crippen molar-refractivity contribution in [1.29, 1.82) is 0 Å². The molecule has 0 unspecified atom stereocenters. The molecule has 0 aromatic carbocycles. The normalized spacial score (nSPS) is 18.9. The fourth-order valence-corrected chi connectivity index (χ4v) is 2.65. The molecule has 1 heterocycles. The van der Waals surface area contributed by atoms with E-state index < -0.39 is 0 Å². The summed E-state index contributed by atoms with van der Waals surface area (Å²) in [5.41, 5.74) is 1.07. The van der Waals surface area contributed by atoms with Crippen LogP contribution in [0.2, 0.25) is 0 Å². The molecule has 1 N–H and O–H groups in total. The lowest BCUT2D eigenvalue weighted by atomic mass is 9.93. The van der Waals surface area contributed by atoms with E-state index in [0.29, 0.717) is 5.92 Å². The third-order valence-corrected chi connectivity index (χ3v) is 3.49. The number of oxazole rings is 1. The third-order valence-electron chi connectivity index (χ3n) is 3.49. The summed E-state index contributed by atoms with van der Waals surface area (Å²) in [6, 6.07) is 0. The zero-order valence-electron chi connectivity index (χ0n) is 10.2. The minimum absolute atomic E-state index is 0.289. The number of nitrogens with one attached hydrogen (secondary N) is 1. The Morgan fingerprint density at radius 1 is 1.19 bits per heavy atom. The summed E-state index contributed by atoms with van der Waals surface area (Å²) >= 11 is 0. The average molecular weight is 223 g/mol. The second-order valence-corrected chi connectivity index (χ2v) is 5.14. The molecule has 1 saturated carbocycles. The van der Waals surface area contributed by atoms with Gasteiger partial charge < -0.3 is 4.42 Å². The van der Waals surface area contributed by atoms with Crippen LogP contribution in [0.5, 0.6) is 0 Å². The van der Waals surface area contributed by atoms with Crippen LogP contribution in [0.15, 0.2) is 9.21 Å². The average Bonchev–Trinajstić information content (AvgIpc) is 2.49. The molecular weight excluding hydrogens is 202 g/mol. The summed E-state index contributed by atoms with van der Waals surface area (Å²) in [7, 11) is 0. The topological polar surface area (TPSA) is 46.0 Å². The van der Waals surface area contributed by atoms with Gasteiger partial charge in [-0.3, -0.25) is 4.98 Å². The van der Waals surface area contributed by atoms with Crippen molar-refractivity contribution < 1.29 is 4.42 Å².